The molecule has 3 radical (unpaired) electrons. The van der Waals surface area contributed by atoms with Gasteiger partial charge in [-0.05, 0) is 201 Å². The van der Waals surface area contributed by atoms with Crippen LogP contribution in [-0.4, -0.2) is 109 Å². The Balaban J connectivity index is -0.000000856. The van der Waals surface area contributed by atoms with E-state index in [0.29, 0.717) is 50.8 Å². The Bertz CT molecular complexity index is 6620. The van der Waals surface area contributed by atoms with E-state index in [1.165, 1.54) is 182 Å². The molecule has 4 aromatic heterocycles. The average Bonchev–Trinajstić information content (AvgIpc) is 0.787. The third kappa shape index (κ3) is 45.3. The van der Waals surface area contributed by atoms with E-state index < -0.39 is 113 Å². The molecule has 4 heterocycles. The van der Waals surface area contributed by atoms with E-state index in [1.54, 1.807) is 20.8 Å². The van der Waals surface area contributed by atoms with Crippen LogP contribution in [0.3, 0.4) is 0 Å². The molecule has 785 valence electrons. The van der Waals surface area contributed by atoms with Gasteiger partial charge in [0.2, 0.25) is 0 Å². The largest absolute Gasteiger partial charge is 1.00 e. The van der Waals surface area contributed by atoms with Crippen LogP contribution in [0.15, 0.2) is 327 Å². The van der Waals surface area contributed by atoms with Crippen LogP contribution >= 0.6 is 15.9 Å². The number of esters is 2. The summed E-state index contributed by atoms with van der Waals surface area (Å²) in [6, 6.07) is 62.9. The first kappa shape index (κ1) is 141. The number of halogens is 17. The molecule has 45 heteroatoms. The Labute approximate surface area is 898 Å². The second-order valence-corrected chi connectivity index (χ2v) is 28.0. The predicted molar refractivity (Wildman–Crippen MR) is 520 cm³/mol. The Morgan fingerprint density at radius 2 is 0.608 bits per heavy atom. The minimum Gasteiger partial charge on any atom is -0.870 e. The fourth-order valence-electron chi connectivity index (χ4n) is 12.0. The van der Waals surface area contributed by atoms with Crippen molar-refractivity contribution in [2.75, 3.05) is 14.2 Å². The number of carboxylic acid groups (broad SMARTS) is 1. The number of hydrogen-bond acceptors (Lipinski definition) is 18. The van der Waals surface area contributed by atoms with Crippen LogP contribution in [0.1, 0.15) is 109 Å². The van der Waals surface area contributed by atoms with Crippen molar-refractivity contribution in [1.82, 2.24) is 18.3 Å². The van der Waals surface area contributed by atoms with Gasteiger partial charge < -0.3 is 75.6 Å². The van der Waals surface area contributed by atoms with Gasteiger partial charge in [-0.25, -0.2) is 31.9 Å². The molecule has 148 heavy (non-hydrogen) atoms. The van der Waals surface area contributed by atoms with Crippen molar-refractivity contribution in [2.45, 2.75) is 95.3 Å². The van der Waals surface area contributed by atoms with Crippen molar-refractivity contribution in [1.29, 1.82) is 0 Å². The Hall–Kier alpha value is -13.1. The van der Waals surface area contributed by atoms with Crippen molar-refractivity contribution in [3.05, 3.63) is 427 Å². The molecule has 0 unspecified atom stereocenters. The number of methoxy groups -OCH3 is 2. The standard InChI is InChI=1S/C27H19F4NO3.C20H13F4NO4.C19H11F4NO4.C14H9BrF3NO4.C7H9N.C6H6BFO2.3C2H5.4CH4.Li.H2O.3V/c28-20-9-7-19(8-10-20)24-17-32(21-11-13-22(14-12-21)35-27(29,30)31)26(34)16-23(24)25(33)15-6-18-4-2-1-3-5-18;1-28-19(27)16-10-18(26)25(11-17(16)12-2-4-13(21)5-3-12)14-6-8-15(9-7-14)29-20(22,23)24;20-12-3-1-11(2-4-12)16-10-24(17(25)9-15(16)18(26)27)13-5-7-14(8-6-13)28-19(21,22)23;1-22-13(21)10-6-12(20)19(7-11(10)15)8-2-4-9(5-3-8)23-14(16,17)18;8-6-7-4-2-1-3-5-7;8-6-3-1-5(2-4-6)7(9)10;3*1-2;;;;;;;;;/h1-5,7-14,16-17H,6,15H2;2-11H,1H3;1-10H,(H,26,27);2-7H,1H3;1-5H,6,8H2;1-4,9-10H;3*1H2,2H3;4*1H4;;1H2;;;/q;;;;;;3*-1;;;;;+1;;;;/p-1. The van der Waals surface area contributed by atoms with Gasteiger partial charge in [0, 0.05) is 167 Å². The molecular formula is C103H99BBrF16LiN5O18V3-3. The molecule has 0 spiro atoms. The summed E-state index contributed by atoms with van der Waals surface area (Å²) in [6.45, 7) is 15.6. The second-order valence-electron chi connectivity index (χ2n) is 27.2. The van der Waals surface area contributed by atoms with Gasteiger partial charge in [0.15, 0.2) is 5.78 Å². The van der Waals surface area contributed by atoms with Gasteiger partial charge in [-0.3, -0.25) is 42.2 Å². The van der Waals surface area contributed by atoms with Gasteiger partial charge >= 0.3 is 69.3 Å². The number of aromatic carboxylic acids is 1. The monoisotopic (exact) mass is 2250 g/mol. The first-order valence-corrected chi connectivity index (χ1v) is 41.0. The van der Waals surface area contributed by atoms with Crippen molar-refractivity contribution in [2.24, 2.45) is 5.73 Å². The molecular weight excluding hydrogens is 2150 g/mol. The summed E-state index contributed by atoms with van der Waals surface area (Å²) in [4.78, 5) is 98.0. The van der Waals surface area contributed by atoms with Crippen LogP contribution in [-0.2, 0) is 78.1 Å². The number of rotatable bonds is 20. The molecule has 0 saturated carbocycles. The number of hydrogen-bond donors (Lipinski definition) is 4. The molecule has 10 aromatic carbocycles. The minimum absolute atomic E-state index is 0. The number of aryl methyl sites for hydroxylation is 1. The maximum atomic E-state index is 13.5. The zero-order valence-electron chi connectivity index (χ0n) is 76.3. The number of carboxylic acids is 1. The summed E-state index contributed by atoms with van der Waals surface area (Å²) >= 11 is 3.14. The Morgan fingerprint density at radius 3 is 0.872 bits per heavy atom. The van der Waals surface area contributed by atoms with Crippen LogP contribution < -0.4 is 71.2 Å². The number of pyridine rings is 4. The zero-order valence-corrected chi connectivity index (χ0v) is 82.1. The number of alkyl halides is 12. The van der Waals surface area contributed by atoms with E-state index in [1.807, 2.05) is 60.7 Å². The summed E-state index contributed by atoms with van der Waals surface area (Å²) in [5.74, 6) is -6.65. The van der Waals surface area contributed by atoms with Crippen molar-refractivity contribution in [3.8, 4) is 79.1 Å². The first-order chi connectivity index (χ1) is 65.8. The van der Waals surface area contributed by atoms with E-state index in [9.17, 15) is 114 Å². The van der Waals surface area contributed by atoms with Crippen molar-refractivity contribution in [3.63, 3.8) is 0 Å². The van der Waals surface area contributed by atoms with Crippen LogP contribution in [0, 0.1) is 44.0 Å². The molecule has 0 saturated heterocycles. The SMILES string of the molecule is C.C.C.C.COC(=O)c1cc(=O)n(-c2ccc(OC(F)(F)F)cc2)cc1-c1ccc(F)cc1.COC(=O)c1cc(=O)n(-c2ccc(OC(F)(F)F)cc2)cc1Br.NCc1ccccc1.O=C(CCc1ccccc1)c1cc(=O)n(-c2ccc(OC(F)(F)F)cc2)cc1-c1ccc(F)cc1.O=C(O)c1cc(=O)n(-c2ccc(OC(F)(F)F)cc2)cc1-c1ccc(F)cc1.OB(O)c1ccc(F)cc1.[CH2-]C.[CH2-]C.[CH2-]C.[Li+].[OH-].[V].[V].[V]. The Kier molecular flexibility index (Phi) is 64.6. The van der Waals surface area contributed by atoms with E-state index in [2.05, 4.69) is 60.4 Å². The molecule has 14 rings (SSSR count). The molecule has 0 aliphatic rings. The maximum absolute atomic E-state index is 13.5. The van der Waals surface area contributed by atoms with E-state index in [4.69, 9.17) is 20.5 Å². The third-order valence-electron chi connectivity index (χ3n) is 18.1. The van der Waals surface area contributed by atoms with Crippen molar-refractivity contribution < 1.29 is 213 Å². The third-order valence-corrected chi connectivity index (χ3v) is 18.7. The fraction of sp³-hybridized carbons (Fsp3) is 0.155. The molecule has 6 N–H and O–H groups in total. The number of nitrogens with zero attached hydrogens (tertiary/aromatic N) is 4. The maximum Gasteiger partial charge on any atom is 1.00 e. The molecule has 14 aromatic rings. The van der Waals surface area contributed by atoms with Crippen LogP contribution in [0.2, 0.25) is 0 Å². The van der Waals surface area contributed by atoms with E-state index >= 15 is 0 Å². The molecule has 0 fully saturated rings. The number of ketones is 1. The average molecular weight is 2250 g/mol. The minimum atomic E-state index is -4.85. The summed E-state index contributed by atoms with van der Waals surface area (Å²) in [6.07, 6.45) is -13.3. The normalized spacial score (nSPS) is 10.0. The first-order valence-electron chi connectivity index (χ1n) is 40.3. The van der Waals surface area contributed by atoms with Gasteiger partial charge in [-0.2, -0.15) is 20.8 Å². The summed E-state index contributed by atoms with van der Waals surface area (Å²) in [7, 11) is 0.821. The second kappa shape index (κ2) is 67.7. The van der Waals surface area contributed by atoms with Gasteiger partial charge in [-0.1, -0.05) is 139 Å². The quantitative estimate of drug-likeness (QED) is 0.0181. The molecule has 0 bridgehead atoms. The number of carbonyl (C=O) groups is 4. The number of benzene rings is 10. The van der Waals surface area contributed by atoms with Crippen LogP contribution in [0.25, 0.3) is 56.1 Å². The summed E-state index contributed by atoms with van der Waals surface area (Å²) in [5.41, 5.74) is 8.47. The number of nitrogens with two attached hydrogens (primary N) is 1. The molecule has 0 aliphatic carbocycles. The van der Waals surface area contributed by atoms with Crippen LogP contribution in [0.5, 0.6) is 23.0 Å². The summed E-state index contributed by atoms with van der Waals surface area (Å²) < 4.78 is 229. The topological polar surface area (TPSA) is 328 Å². The van der Waals surface area contributed by atoms with Gasteiger partial charge in [0.1, 0.15) is 46.3 Å². The molecule has 0 aliphatic heterocycles. The molecule has 23 nitrogen and oxygen atoms in total. The summed E-state index contributed by atoms with van der Waals surface area (Å²) in [5, 5.41) is 26.5. The fourth-order valence-corrected chi connectivity index (χ4v) is 12.4. The number of Topliss-reactive ketones (excluding diaryl/α,β-unsaturated/α-hetero) is 1. The molecule has 0 amide bonds. The van der Waals surface area contributed by atoms with E-state index in [-0.39, 0.29) is 178 Å². The van der Waals surface area contributed by atoms with Crippen LogP contribution in [0.4, 0.5) is 70.2 Å². The van der Waals surface area contributed by atoms with E-state index in [0.717, 1.165) is 105 Å². The molecule has 0 atom stereocenters. The van der Waals surface area contributed by atoms with Gasteiger partial charge in [0.05, 0.1) is 30.9 Å². The van der Waals surface area contributed by atoms with Crippen molar-refractivity contribution >= 4 is 52.2 Å². The van der Waals surface area contributed by atoms with Gasteiger partial charge in [0.25, 0.3) is 22.2 Å². The Morgan fingerprint density at radius 1 is 0.365 bits per heavy atom. The number of aromatic nitrogens is 4. The zero-order chi connectivity index (χ0) is 103. The number of carbonyl (C=O) groups excluding carboxylic acids is 3. The van der Waals surface area contributed by atoms with Gasteiger partial charge in [-0.15, -0.1) is 52.7 Å². The smallest absolute Gasteiger partial charge is 0.870 e. The number of ether oxygens (including phenoxy) is 6. The predicted octanol–water partition coefficient (Wildman–Crippen LogP) is 20.7.